The van der Waals surface area contributed by atoms with E-state index in [-0.39, 0.29) is 0 Å². The van der Waals surface area contributed by atoms with E-state index in [1.54, 1.807) is 18.4 Å². The van der Waals surface area contributed by atoms with Gasteiger partial charge < -0.3 is 14.8 Å². The summed E-state index contributed by atoms with van der Waals surface area (Å²) in [6.07, 6.45) is 10.8. The van der Waals surface area contributed by atoms with Crippen LogP contribution in [0.3, 0.4) is 0 Å². The van der Waals surface area contributed by atoms with Crippen LogP contribution in [0.5, 0.6) is 0 Å². The van der Waals surface area contributed by atoms with Gasteiger partial charge in [0.15, 0.2) is 0 Å². The summed E-state index contributed by atoms with van der Waals surface area (Å²) >= 11 is 1.64. The van der Waals surface area contributed by atoms with Crippen molar-refractivity contribution in [2.75, 3.05) is 21.1 Å². The lowest BCUT2D eigenvalue weighted by Crippen LogP contribution is -2.09. The zero-order chi connectivity index (χ0) is 21.8. The summed E-state index contributed by atoms with van der Waals surface area (Å²) in [5.74, 6) is 1.51. The topological polar surface area (TPSA) is 58.3 Å². The van der Waals surface area contributed by atoms with Gasteiger partial charge in [-0.1, -0.05) is 18.2 Å². The molecule has 4 rings (SSSR count). The molecule has 0 spiro atoms. The standard InChI is InChI=1S/C24H28N6S/c1-17(26-9-12-29(3)4)21(15-25-2)24-28-22(16-31-24)19-7-5-6-18(14-19)20-8-11-30-13-10-27-23(20)30/h5-7,9-10,12-16,20,26H,8,11H2,1-4H3/b12-9-,21-17?,25-15?. The van der Waals surface area contributed by atoms with Crippen molar-refractivity contribution in [1.82, 2.24) is 24.8 Å². The number of aryl methyl sites for hydroxylation is 1. The van der Waals surface area contributed by atoms with Crippen molar-refractivity contribution in [2.45, 2.75) is 25.8 Å². The van der Waals surface area contributed by atoms with E-state index in [2.05, 4.69) is 55.7 Å². The van der Waals surface area contributed by atoms with Gasteiger partial charge in [0.2, 0.25) is 0 Å². The third-order valence-electron chi connectivity index (χ3n) is 5.37. The van der Waals surface area contributed by atoms with Crippen molar-refractivity contribution < 1.29 is 0 Å². The Morgan fingerprint density at radius 2 is 2.23 bits per heavy atom. The molecule has 0 fully saturated rings. The molecule has 1 atom stereocenters. The predicted octanol–water partition coefficient (Wildman–Crippen LogP) is 4.60. The van der Waals surface area contributed by atoms with Gasteiger partial charge in [0, 0.05) is 86.8 Å². The van der Waals surface area contributed by atoms with E-state index in [1.165, 1.54) is 5.56 Å². The molecule has 1 aliphatic rings. The second kappa shape index (κ2) is 9.31. The van der Waals surface area contributed by atoms with Crippen molar-refractivity contribution in [3.05, 3.63) is 76.5 Å². The third-order valence-corrected chi connectivity index (χ3v) is 6.25. The van der Waals surface area contributed by atoms with Crippen LogP contribution in [0.4, 0.5) is 0 Å². The minimum atomic E-state index is 0.352. The number of nitrogens with one attached hydrogen (secondary N) is 1. The van der Waals surface area contributed by atoms with Crippen LogP contribution in [0.25, 0.3) is 16.8 Å². The Balaban J connectivity index is 1.61. The number of allylic oxidation sites excluding steroid dienone is 2. The van der Waals surface area contributed by atoms with Crippen molar-refractivity contribution in [1.29, 1.82) is 0 Å². The summed E-state index contributed by atoms with van der Waals surface area (Å²) in [7, 11) is 5.77. The van der Waals surface area contributed by atoms with E-state index in [4.69, 9.17) is 4.98 Å². The smallest absolute Gasteiger partial charge is 0.127 e. The molecule has 1 aliphatic heterocycles. The third kappa shape index (κ3) is 4.61. The lowest BCUT2D eigenvalue weighted by molar-refractivity contribution is 0.560. The Hall–Kier alpha value is -3.19. The number of aromatic nitrogens is 3. The second-order valence-electron chi connectivity index (χ2n) is 7.83. The Labute approximate surface area is 187 Å². The number of hydrogen-bond acceptors (Lipinski definition) is 6. The Kier molecular flexibility index (Phi) is 6.32. The maximum Gasteiger partial charge on any atom is 0.127 e. The highest BCUT2D eigenvalue weighted by molar-refractivity contribution is 7.11. The summed E-state index contributed by atoms with van der Waals surface area (Å²) in [6.45, 7) is 3.07. The number of rotatable bonds is 7. The molecule has 6 nitrogen and oxygen atoms in total. The largest absolute Gasteiger partial charge is 0.382 e. The van der Waals surface area contributed by atoms with E-state index < -0.39 is 0 Å². The lowest BCUT2D eigenvalue weighted by atomic mass is 9.95. The highest BCUT2D eigenvalue weighted by atomic mass is 32.1. The molecule has 1 unspecified atom stereocenters. The van der Waals surface area contributed by atoms with Gasteiger partial charge in [0.1, 0.15) is 10.8 Å². The zero-order valence-corrected chi connectivity index (χ0v) is 19.2. The van der Waals surface area contributed by atoms with Crippen LogP contribution in [0.1, 0.15) is 35.7 Å². The van der Waals surface area contributed by atoms with E-state index in [0.29, 0.717) is 5.92 Å². The van der Waals surface area contributed by atoms with Gasteiger partial charge in [-0.3, -0.25) is 4.99 Å². The zero-order valence-electron chi connectivity index (χ0n) is 18.4. The van der Waals surface area contributed by atoms with Gasteiger partial charge in [-0.15, -0.1) is 11.3 Å². The minimum absolute atomic E-state index is 0.352. The first-order valence-electron chi connectivity index (χ1n) is 10.4. The van der Waals surface area contributed by atoms with Gasteiger partial charge in [0.25, 0.3) is 0 Å². The van der Waals surface area contributed by atoms with Gasteiger partial charge in [-0.2, -0.15) is 0 Å². The molecular weight excluding hydrogens is 404 g/mol. The second-order valence-corrected chi connectivity index (χ2v) is 8.69. The van der Waals surface area contributed by atoms with Crippen LogP contribution in [0.15, 0.2) is 65.1 Å². The molecule has 2 aromatic heterocycles. The molecule has 7 heteroatoms. The molecule has 0 radical (unpaired) electrons. The first-order chi connectivity index (χ1) is 15.1. The first kappa shape index (κ1) is 21.1. The molecule has 3 aromatic rings. The van der Waals surface area contributed by atoms with E-state index in [1.807, 2.05) is 50.7 Å². The lowest BCUT2D eigenvalue weighted by Gasteiger charge is -2.10. The Morgan fingerprint density at radius 3 is 3.03 bits per heavy atom. The summed E-state index contributed by atoms with van der Waals surface area (Å²) in [5, 5.41) is 6.39. The van der Waals surface area contributed by atoms with Crippen molar-refractivity contribution in [2.24, 2.45) is 4.99 Å². The SMILES string of the molecule is CN=CC(=C(C)N/C=C\N(C)C)c1nc(-c2cccc(C3CCn4ccnc43)c2)cs1. The number of thiazole rings is 1. The molecule has 0 aliphatic carbocycles. The molecule has 3 heterocycles. The van der Waals surface area contributed by atoms with E-state index in [0.717, 1.165) is 46.3 Å². The maximum absolute atomic E-state index is 4.94. The minimum Gasteiger partial charge on any atom is -0.382 e. The number of benzene rings is 1. The van der Waals surface area contributed by atoms with E-state index >= 15 is 0 Å². The average Bonchev–Trinajstić information content (AvgIpc) is 3.48. The summed E-state index contributed by atoms with van der Waals surface area (Å²) in [5.41, 5.74) is 5.43. The highest BCUT2D eigenvalue weighted by Crippen LogP contribution is 2.35. The molecule has 31 heavy (non-hydrogen) atoms. The molecule has 1 aromatic carbocycles. The van der Waals surface area contributed by atoms with Gasteiger partial charge in [0.05, 0.1) is 5.69 Å². The van der Waals surface area contributed by atoms with Crippen molar-refractivity contribution in [3.63, 3.8) is 0 Å². The fourth-order valence-electron chi connectivity index (χ4n) is 3.81. The van der Waals surface area contributed by atoms with Crippen molar-refractivity contribution in [3.8, 4) is 11.3 Å². The fourth-order valence-corrected chi connectivity index (χ4v) is 4.70. The van der Waals surface area contributed by atoms with Crippen LogP contribution >= 0.6 is 11.3 Å². The molecule has 0 bridgehead atoms. The first-order valence-corrected chi connectivity index (χ1v) is 11.2. The summed E-state index contributed by atoms with van der Waals surface area (Å²) < 4.78 is 2.25. The summed E-state index contributed by atoms with van der Waals surface area (Å²) in [6, 6.07) is 8.71. The molecule has 1 N–H and O–H groups in total. The van der Waals surface area contributed by atoms with Crippen LogP contribution in [0, 0.1) is 0 Å². The van der Waals surface area contributed by atoms with Crippen LogP contribution in [-0.2, 0) is 6.54 Å². The number of hydrogen-bond donors (Lipinski definition) is 1. The summed E-state index contributed by atoms with van der Waals surface area (Å²) in [4.78, 5) is 15.7. The number of nitrogens with zero attached hydrogens (tertiary/aromatic N) is 5. The van der Waals surface area contributed by atoms with Gasteiger partial charge in [-0.25, -0.2) is 9.97 Å². The molecule has 160 valence electrons. The fraction of sp³-hybridized carbons (Fsp3) is 0.292. The van der Waals surface area contributed by atoms with Crippen LogP contribution in [0.2, 0.25) is 0 Å². The van der Waals surface area contributed by atoms with Gasteiger partial charge >= 0.3 is 0 Å². The Morgan fingerprint density at radius 1 is 1.35 bits per heavy atom. The average molecular weight is 433 g/mol. The Bertz CT molecular complexity index is 1130. The highest BCUT2D eigenvalue weighted by Gasteiger charge is 2.25. The molecule has 0 amide bonds. The van der Waals surface area contributed by atoms with E-state index in [9.17, 15) is 0 Å². The quantitative estimate of drug-likeness (QED) is 0.555. The van der Waals surface area contributed by atoms with Crippen LogP contribution in [-0.4, -0.2) is 46.8 Å². The van der Waals surface area contributed by atoms with Crippen LogP contribution < -0.4 is 5.32 Å². The molecule has 0 saturated carbocycles. The number of imidazole rings is 1. The number of fused-ring (bicyclic) bond motifs is 1. The predicted molar refractivity (Wildman–Crippen MR) is 129 cm³/mol. The normalized spacial score (nSPS) is 16.7. The molecular formula is C24H28N6S. The van der Waals surface area contributed by atoms with Gasteiger partial charge in [-0.05, 0) is 25.0 Å². The number of aliphatic imine (C=N–C) groups is 1. The monoisotopic (exact) mass is 432 g/mol. The maximum atomic E-state index is 4.94. The van der Waals surface area contributed by atoms with Crippen molar-refractivity contribution >= 4 is 23.1 Å². The molecule has 0 saturated heterocycles.